The molecule has 2 N–H and O–H groups in total. The summed E-state index contributed by atoms with van der Waals surface area (Å²) < 4.78 is 4.97. The first-order valence-electron chi connectivity index (χ1n) is 2.69. The van der Waals surface area contributed by atoms with Crippen molar-refractivity contribution in [2.75, 3.05) is 27.7 Å². The average molecular weight is 118 g/mol. The smallest absolute Gasteiger partial charge is 0.120 e. The van der Waals surface area contributed by atoms with E-state index in [4.69, 9.17) is 4.74 Å². The topological polar surface area (TPSA) is 33.3 Å². The molecule has 0 aromatic rings. The van der Waals surface area contributed by atoms with Crippen molar-refractivity contribution in [3.63, 3.8) is 0 Å². The van der Waals surface area contributed by atoms with Gasteiger partial charge in [0, 0.05) is 13.7 Å². The lowest BCUT2D eigenvalue weighted by Crippen LogP contribution is -2.36. The van der Waals surface area contributed by atoms with Crippen molar-refractivity contribution in [1.82, 2.24) is 10.6 Å². The van der Waals surface area contributed by atoms with Gasteiger partial charge in [-0.25, -0.2) is 0 Å². The zero-order valence-electron chi connectivity index (χ0n) is 5.69. The van der Waals surface area contributed by atoms with Crippen molar-refractivity contribution < 1.29 is 4.74 Å². The molecule has 0 aliphatic heterocycles. The minimum Gasteiger partial charge on any atom is -0.365 e. The largest absolute Gasteiger partial charge is 0.365 e. The molecular weight excluding hydrogens is 104 g/mol. The number of nitrogens with one attached hydrogen (secondary N) is 2. The van der Waals surface area contributed by atoms with Crippen molar-refractivity contribution in [3.05, 3.63) is 0 Å². The first-order chi connectivity index (χ1) is 3.85. The normalized spacial score (nSPS) is 13.9. The maximum absolute atomic E-state index is 4.97. The van der Waals surface area contributed by atoms with Crippen LogP contribution < -0.4 is 10.6 Å². The lowest BCUT2D eigenvalue weighted by atomic mass is 10.5. The van der Waals surface area contributed by atoms with Crippen LogP contribution in [0.1, 0.15) is 0 Å². The summed E-state index contributed by atoms with van der Waals surface area (Å²) in [6, 6.07) is 0. The molecule has 0 aliphatic rings. The fourth-order valence-electron chi connectivity index (χ4n) is 0.489. The molecule has 8 heavy (non-hydrogen) atoms. The molecule has 0 saturated heterocycles. The molecule has 0 aromatic heterocycles. The molecule has 50 valence electrons. The van der Waals surface area contributed by atoms with Gasteiger partial charge in [0.15, 0.2) is 0 Å². The molecule has 3 heteroatoms. The van der Waals surface area contributed by atoms with Crippen molar-refractivity contribution >= 4 is 0 Å². The summed E-state index contributed by atoms with van der Waals surface area (Å²) in [5.41, 5.74) is 0. The Bertz CT molecular complexity index is 45.7. The van der Waals surface area contributed by atoms with Crippen molar-refractivity contribution in [2.24, 2.45) is 0 Å². The van der Waals surface area contributed by atoms with Gasteiger partial charge in [-0.1, -0.05) is 0 Å². The minimum atomic E-state index is 0.139. The summed E-state index contributed by atoms with van der Waals surface area (Å²) in [4.78, 5) is 0. The van der Waals surface area contributed by atoms with Gasteiger partial charge in [-0.3, -0.25) is 5.32 Å². The van der Waals surface area contributed by atoms with E-state index in [0.717, 1.165) is 6.54 Å². The zero-order valence-corrected chi connectivity index (χ0v) is 5.69. The second-order valence-corrected chi connectivity index (χ2v) is 1.57. The van der Waals surface area contributed by atoms with E-state index in [2.05, 4.69) is 10.6 Å². The Morgan fingerprint density at radius 3 is 2.25 bits per heavy atom. The molecule has 3 nitrogen and oxygen atoms in total. The van der Waals surface area contributed by atoms with Crippen LogP contribution in [-0.2, 0) is 4.74 Å². The number of hydrogen-bond donors (Lipinski definition) is 2. The second kappa shape index (κ2) is 5.03. The highest BCUT2D eigenvalue weighted by atomic mass is 16.5. The van der Waals surface area contributed by atoms with E-state index in [0.29, 0.717) is 0 Å². The van der Waals surface area contributed by atoms with E-state index in [1.165, 1.54) is 0 Å². The second-order valence-electron chi connectivity index (χ2n) is 1.57. The lowest BCUT2D eigenvalue weighted by Gasteiger charge is -2.12. The van der Waals surface area contributed by atoms with E-state index < -0.39 is 0 Å². The summed E-state index contributed by atoms with van der Waals surface area (Å²) in [7, 11) is 5.44. The van der Waals surface area contributed by atoms with E-state index in [1.807, 2.05) is 14.1 Å². The van der Waals surface area contributed by atoms with Crippen LogP contribution in [0.2, 0.25) is 0 Å². The minimum absolute atomic E-state index is 0.139. The molecule has 0 rings (SSSR count). The third-order valence-electron chi connectivity index (χ3n) is 0.996. The van der Waals surface area contributed by atoms with Gasteiger partial charge in [-0.15, -0.1) is 0 Å². The van der Waals surface area contributed by atoms with Crippen LogP contribution in [-0.4, -0.2) is 34.0 Å². The predicted octanol–water partition coefficient (Wildman–Crippen LogP) is -0.602. The van der Waals surface area contributed by atoms with Crippen LogP contribution in [0.5, 0.6) is 0 Å². The van der Waals surface area contributed by atoms with Crippen LogP contribution in [0.25, 0.3) is 0 Å². The number of rotatable bonds is 4. The standard InChI is InChI=1S/C5H14N2O/c1-6-4-5(7-2)8-3/h5-7H,4H2,1-3H3. The van der Waals surface area contributed by atoms with Crippen molar-refractivity contribution in [1.29, 1.82) is 0 Å². The fourth-order valence-corrected chi connectivity index (χ4v) is 0.489. The molecule has 0 amide bonds. The number of hydrogen-bond acceptors (Lipinski definition) is 3. The Morgan fingerprint density at radius 1 is 1.50 bits per heavy atom. The van der Waals surface area contributed by atoms with Crippen LogP contribution in [0.3, 0.4) is 0 Å². The van der Waals surface area contributed by atoms with E-state index in [9.17, 15) is 0 Å². The lowest BCUT2D eigenvalue weighted by molar-refractivity contribution is 0.0821. The van der Waals surface area contributed by atoms with Gasteiger partial charge >= 0.3 is 0 Å². The van der Waals surface area contributed by atoms with E-state index in [-0.39, 0.29) is 6.23 Å². The van der Waals surface area contributed by atoms with Crippen LogP contribution in [0.15, 0.2) is 0 Å². The van der Waals surface area contributed by atoms with Gasteiger partial charge in [0.05, 0.1) is 0 Å². The highest BCUT2D eigenvalue weighted by Crippen LogP contribution is 1.76. The SMILES string of the molecule is CNCC(NC)OC. The van der Waals surface area contributed by atoms with E-state index in [1.54, 1.807) is 7.11 Å². The van der Waals surface area contributed by atoms with Gasteiger partial charge in [0.2, 0.25) is 0 Å². The Morgan fingerprint density at radius 2 is 2.12 bits per heavy atom. The number of ether oxygens (including phenoxy) is 1. The quantitative estimate of drug-likeness (QED) is 0.483. The van der Waals surface area contributed by atoms with Gasteiger partial charge in [-0.05, 0) is 14.1 Å². The predicted molar refractivity (Wildman–Crippen MR) is 33.8 cm³/mol. The number of methoxy groups -OCH3 is 1. The van der Waals surface area contributed by atoms with Crippen molar-refractivity contribution in [3.8, 4) is 0 Å². The molecule has 0 saturated carbocycles. The van der Waals surface area contributed by atoms with Gasteiger partial charge < -0.3 is 10.1 Å². The molecule has 1 unspecified atom stereocenters. The number of likely N-dealkylation sites (N-methyl/N-ethyl adjacent to an activating group) is 2. The Labute approximate surface area is 50.4 Å². The monoisotopic (exact) mass is 118 g/mol. The Balaban J connectivity index is 3.07. The fraction of sp³-hybridized carbons (Fsp3) is 1.00. The molecule has 0 radical (unpaired) electrons. The first kappa shape index (κ1) is 7.88. The molecule has 0 heterocycles. The maximum atomic E-state index is 4.97. The molecule has 0 aromatic carbocycles. The summed E-state index contributed by atoms with van der Waals surface area (Å²) >= 11 is 0. The highest BCUT2D eigenvalue weighted by molar-refractivity contribution is 4.50. The molecule has 0 spiro atoms. The highest BCUT2D eigenvalue weighted by Gasteiger charge is 1.97. The molecule has 0 aliphatic carbocycles. The van der Waals surface area contributed by atoms with Crippen molar-refractivity contribution in [2.45, 2.75) is 6.23 Å². The van der Waals surface area contributed by atoms with Crippen LogP contribution in [0, 0.1) is 0 Å². The summed E-state index contributed by atoms with van der Waals surface area (Å²) in [6.45, 7) is 0.840. The van der Waals surface area contributed by atoms with Crippen LogP contribution >= 0.6 is 0 Å². The average Bonchev–Trinajstić information content (AvgIpc) is 1.83. The Kier molecular flexibility index (Phi) is 4.95. The van der Waals surface area contributed by atoms with Gasteiger partial charge in [-0.2, -0.15) is 0 Å². The Hall–Kier alpha value is -0.120. The molecule has 0 fully saturated rings. The third-order valence-corrected chi connectivity index (χ3v) is 0.996. The van der Waals surface area contributed by atoms with Gasteiger partial charge in [0.25, 0.3) is 0 Å². The third kappa shape index (κ3) is 2.96. The summed E-state index contributed by atoms with van der Waals surface area (Å²) in [5, 5.41) is 5.95. The summed E-state index contributed by atoms with van der Waals surface area (Å²) in [6.07, 6.45) is 0.139. The van der Waals surface area contributed by atoms with Gasteiger partial charge in [0.1, 0.15) is 6.23 Å². The first-order valence-corrected chi connectivity index (χ1v) is 2.69. The molecular formula is C5H14N2O. The zero-order chi connectivity index (χ0) is 6.41. The van der Waals surface area contributed by atoms with E-state index >= 15 is 0 Å². The molecule has 0 bridgehead atoms. The van der Waals surface area contributed by atoms with Crippen LogP contribution in [0.4, 0.5) is 0 Å². The maximum Gasteiger partial charge on any atom is 0.120 e. The summed E-state index contributed by atoms with van der Waals surface area (Å²) in [5.74, 6) is 0. The molecule has 1 atom stereocenters.